The summed E-state index contributed by atoms with van der Waals surface area (Å²) in [5.41, 5.74) is -1.33. The fourth-order valence-corrected chi connectivity index (χ4v) is 3.10. The predicted molar refractivity (Wildman–Crippen MR) is 34.2 cm³/mol. The molecule has 3 aliphatic rings. The van der Waals surface area contributed by atoms with Crippen molar-refractivity contribution in [1.82, 2.24) is 0 Å². The Balaban J connectivity index is 1.94. The number of hydrogen-bond acceptors (Lipinski definition) is 1. The first-order valence-electron chi connectivity index (χ1n) is 4.11. The van der Waals surface area contributed by atoms with Crippen molar-refractivity contribution < 1.29 is 13.9 Å². The summed E-state index contributed by atoms with van der Waals surface area (Å²) in [6.07, 6.45) is 1.95. The van der Waals surface area contributed by atoms with Crippen LogP contribution in [0.15, 0.2) is 0 Å². The monoisotopic (exact) mass is 160 g/mol. The lowest BCUT2D eigenvalue weighted by molar-refractivity contribution is 0.0707. The van der Waals surface area contributed by atoms with Gasteiger partial charge < -0.3 is 5.11 Å². The number of halogens is 2. The summed E-state index contributed by atoms with van der Waals surface area (Å²) >= 11 is 0. The highest BCUT2D eigenvalue weighted by molar-refractivity contribution is 5.43. The van der Waals surface area contributed by atoms with Crippen LogP contribution in [0.25, 0.3) is 0 Å². The van der Waals surface area contributed by atoms with E-state index < -0.39 is 16.8 Å². The van der Waals surface area contributed by atoms with Crippen molar-refractivity contribution in [2.45, 2.75) is 25.2 Å². The number of rotatable bonds is 1. The first-order valence-corrected chi connectivity index (χ1v) is 4.11. The summed E-state index contributed by atoms with van der Waals surface area (Å²) in [7, 11) is 0. The molecule has 3 fully saturated rings. The Morgan fingerprint density at radius 3 is 2.27 bits per heavy atom. The maximum absolute atomic E-state index is 13.1. The second-order valence-electron chi connectivity index (χ2n) is 4.21. The third-order valence-electron chi connectivity index (χ3n) is 4.03. The highest BCUT2D eigenvalue weighted by Crippen LogP contribution is 2.97. The van der Waals surface area contributed by atoms with Crippen LogP contribution >= 0.6 is 0 Å². The van der Waals surface area contributed by atoms with Gasteiger partial charge in [-0.1, -0.05) is 0 Å². The van der Waals surface area contributed by atoms with E-state index in [1.807, 2.05) is 0 Å². The molecule has 0 aromatic carbocycles. The molecule has 1 N–H and O–H groups in total. The Hall–Kier alpha value is -0.180. The van der Waals surface area contributed by atoms with Gasteiger partial charge in [0, 0.05) is 12.0 Å². The Morgan fingerprint density at radius 1 is 1.36 bits per heavy atom. The highest BCUT2D eigenvalue weighted by Gasteiger charge is 3.02. The molecule has 0 amide bonds. The molecule has 0 radical (unpaired) electrons. The minimum atomic E-state index is -2.42. The molecule has 3 aliphatic carbocycles. The number of aliphatic hydroxyl groups is 1. The molecule has 2 spiro atoms. The first kappa shape index (κ1) is 6.35. The van der Waals surface area contributed by atoms with Gasteiger partial charge in [0.25, 0.3) is 5.92 Å². The molecule has 0 bridgehead atoms. The molecule has 0 aromatic heterocycles. The van der Waals surface area contributed by atoms with Crippen LogP contribution in [0.1, 0.15) is 19.3 Å². The van der Waals surface area contributed by atoms with Crippen LogP contribution in [0, 0.1) is 16.7 Å². The van der Waals surface area contributed by atoms with Crippen LogP contribution in [0.4, 0.5) is 8.78 Å². The average molecular weight is 160 g/mol. The molecular formula is C8H10F2O. The normalized spacial score (nSPS) is 53.2. The van der Waals surface area contributed by atoms with Crippen molar-refractivity contribution in [3.8, 4) is 0 Å². The number of aliphatic hydroxyl groups excluding tert-OH is 1. The van der Waals surface area contributed by atoms with E-state index in [9.17, 15) is 8.78 Å². The second kappa shape index (κ2) is 1.24. The summed E-state index contributed by atoms with van der Waals surface area (Å²) in [5, 5.41) is 8.74. The van der Waals surface area contributed by atoms with Gasteiger partial charge in [-0.2, -0.15) is 0 Å². The van der Waals surface area contributed by atoms with E-state index in [1.165, 1.54) is 0 Å². The Labute approximate surface area is 63.4 Å². The third kappa shape index (κ3) is 0.360. The van der Waals surface area contributed by atoms with E-state index in [4.69, 9.17) is 5.11 Å². The van der Waals surface area contributed by atoms with Crippen LogP contribution in [0.2, 0.25) is 0 Å². The lowest BCUT2D eigenvalue weighted by Gasteiger charge is -1.89. The highest BCUT2D eigenvalue weighted by atomic mass is 19.3. The van der Waals surface area contributed by atoms with Gasteiger partial charge in [0.05, 0.1) is 5.41 Å². The smallest absolute Gasteiger partial charge is 0.261 e. The molecule has 1 unspecified atom stereocenters. The summed E-state index contributed by atoms with van der Waals surface area (Å²) < 4.78 is 26.3. The van der Waals surface area contributed by atoms with Crippen molar-refractivity contribution in [1.29, 1.82) is 0 Å². The zero-order valence-electron chi connectivity index (χ0n) is 6.11. The molecule has 2 atom stereocenters. The van der Waals surface area contributed by atoms with E-state index in [0.717, 1.165) is 0 Å². The topological polar surface area (TPSA) is 20.2 Å². The van der Waals surface area contributed by atoms with Gasteiger partial charge in [-0.25, -0.2) is 8.78 Å². The number of fused-ring (bicyclic) bond motifs is 1. The molecule has 0 heterocycles. The second-order valence-corrected chi connectivity index (χ2v) is 4.21. The molecule has 3 saturated carbocycles. The molecule has 1 nitrogen and oxygen atoms in total. The predicted octanol–water partition coefficient (Wildman–Crippen LogP) is 1.41. The van der Waals surface area contributed by atoms with E-state index in [2.05, 4.69) is 0 Å². The van der Waals surface area contributed by atoms with Crippen molar-refractivity contribution >= 4 is 0 Å². The maximum Gasteiger partial charge on any atom is 0.261 e. The zero-order chi connectivity index (χ0) is 7.91. The molecule has 3 rings (SSSR count). The van der Waals surface area contributed by atoms with Gasteiger partial charge >= 0.3 is 0 Å². The number of hydrogen-bond donors (Lipinski definition) is 1. The van der Waals surface area contributed by atoms with Gasteiger partial charge in [-0.05, 0) is 25.2 Å². The lowest BCUT2D eigenvalue weighted by atomic mass is 10.2. The molecule has 11 heavy (non-hydrogen) atoms. The van der Waals surface area contributed by atoms with Crippen molar-refractivity contribution in [2.24, 2.45) is 16.7 Å². The average Bonchev–Trinajstić information content (AvgIpc) is 2.83. The van der Waals surface area contributed by atoms with Crippen LogP contribution in [-0.2, 0) is 0 Å². The molecule has 0 aliphatic heterocycles. The van der Waals surface area contributed by atoms with Gasteiger partial charge in [0.1, 0.15) is 0 Å². The standard InChI is InChI=1S/C8H10F2O/c9-8(10)6(1-2-6)7(8)3-5(7)4-11/h5,11H,1-4H2/t5?,7-/m0/s1. The molecule has 0 aromatic rings. The van der Waals surface area contributed by atoms with Crippen molar-refractivity contribution in [3.63, 3.8) is 0 Å². The molecule has 0 saturated heterocycles. The summed E-state index contributed by atoms with van der Waals surface area (Å²) in [6, 6.07) is 0. The van der Waals surface area contributed by atoms with E-state index in [0.29, 0.717) is 19.3 Å². The first-order chi connectivity index (χ1) is 5.12. The Bertz CT molecular complexity index is 228. The van der Waals surface area contributed by atoms with E-state index >= 15 is 0 Å². The molecule has 3 heteroatoms. The van der Waals surface area contributed by atoms with Crippen LogP contribution in [-0.4, -0.2) is 17.6 Å². The molecular weight excluding hydrogens is 150 g/mol. The SMILES string of the molecule is OCC1C[C@]12C(F)(F)C21CC1. The fourth-order valence-electron chi connectivity index (χ4n) is 3.10. The van der Waals surface area contributed by atoms with Gasteiger partial charge in [0.15, 0.2) is 0 Å². The summed E-state index contributed by atoms with van der Waals surface area (Å²) in [5.74, 6) is -2.51. The quantitative estimate of drug-likeness (QED) is 0.615. The maximum atomic E-state index is 13.1. The van der Waals surface area contributed by atoms with E-state index in [1.54, 1.807) is 0 Å². The Morgan fingerprint density at radius 2 is 2.00 bits per heavy atom. The van der Waals surface area contributed by atoms with Crippen LogP contribution in [0.5, 0.6) is 0 Å². The number of alkyl halides is 2. The third-order valence-corrected chi connectivity index (χ3v) is 4.03. The molecule has 62 valence electrons. The van der Waals surface area contributed by atoms with Gasteiger partial charge in [-0.3, -0.25) is 0 Å². The van der Waals surface area contributed by atoms with Crippen molar-refractivity contribution in [3.05, 3.63) is 0 Å². The van der Waals surface area contributed by atoms with Gasteiger partial charge in [0.2, 0.25) is 0 Å². The zero-order valence-corrected chi connectivity index (χ0v) is 6.11. The van der Waals surface area contributed by atoms with Crippen molar-refractivity contribution in [2.75, 3.05) is 6.61 Å². The summed E-state index contributed by atoms with van der Waals surface area (Å²) in [4.78, 5) is 0. The van der Waals surface area contributed by atoms with Gasteiger partial charge in [-0.15, -0.1) is 0 Å². The van der Waals surface area contributed by atoms with Crippen LogP contribution in [0.3, 0.4) is 0 Å². The lowest BCUT2D eigenvalue weighted by Crippen LogP contribution is -1.98. The minimum Gasteiger partial charge on any atom is -0.396 e. The van der Waals surface area contributed by atoms with Crippen LogP contribution < -0.4 is 0 Å². The summed E-state index contributed by atoms with van der Waals surface area (Å²) in [6.45, 7) is -0.0443. The minimum absolute atomic E-state index is 0.0443. The van der Waals surface area contributed by atoms with E-state index in [-0.39, 0.29) is 12.5 Å². The Kier molecular flexibility index (Phi) is 0.716. The fraction of sp³-hybridized carbons (Fsp3) is 1.00. The largest absolute Gasteiger partial charge is 0.396 e.